The summed E-state index contributed by atoms with van der Waals surface area (Å²) in [5, 5.41) is 6.94. The number of benzene rings is 1. The van der Waals surface area contributed by atoms with Crippen LogP contribution in [-0.4, -0.2) is 46.1 Å². The Labute approximate surface area is 187 Å². The molecule has 1 N–H and O–H groups in total. The van der Waals surface area contributed by atoms with Crippen molar-refractivity contribution in [2.45, 2.75) is 25.4 Å². The van der Waals surface area contributed by atoms with E-state index in [0.717, 1.165) is 51.6 Å². The number of piperidine rings is 1. The van der Waals surface area contributed by atoms with Crippen molar-refractivity contribution in [2.75, 3.05) is 31.2 Å². The first-order chi connectivity index (χ1) is 15.8. The van der Waals surface area contributed by atoms with E-state index in [-0.39, 0.29) is 33.3 Å². The van der Waals surface area contributed by atoms with Crippen LogP contribution in [0.3, 0.4) is 0 Å². The van der Waals surface area contributed by atoms with Gasteiger partial charge < -0.3 is 9.64 Å². The summed E-state index contributed by atoms with van der Waals surface area (Å²) in [4.78, 5) is 19.8. The molecule has 33 heavy (non-hydrogen) atoms. The summed E-state index contributed by atoms with van der Waals surface area (Å²) in [5.41, 5.74) is -0.792. The number of ether oxygens (including phenoxy) is 1. The van der Waals surface area contributed by atoms with Gasteiger partial charge in [0.05, 0.1) is 12.2 Å². The molecule has 7 nitrogen and oxygen atoms in total. The zero-order valence-corrected chi connectivity index (χ0v) is 18.0. The van der Waals surface area contributed by atoms with Crippen LogP contribution < -0.4 is 10.5 Å². The summed E-state index contributed by atoms with van der Waals surface area (Å²) < 4.78 is 46.8. The molecule has 0 unspecified atom stereocenters. The number of nitrogens with zero attached hydrogens (tertiary/aromatic N) is 4. The maximum absolute atomic E-state index is 13.2. The van der Waals surface area contributed by atoms with Crippen molar-refractivity contribution >= 4 is 17.0 Å². The van der Waals surface area contributed by atoms with Crippen LogP contribution in [0.25, 0.3) is 11.0 Å². The Kier molecular flexibility index (Phi) is 5.16. The quantitative estimate of drug-likeness (QED) is 0.569. The molecule has 1 aromatic carbocycles. The molecule has 3 aromatic rings. The molecule has 0 amide bonds. The van der Waals surface area contributed by atoms with Gasteiger partial charge in [0.1, 0.15) is 5.39 Å². The molecule has 2 aliphatic heterocycles. The smallest absolute Gasteiger partial charge is 0.381 e. The highest BCUT2D eigenvalue weighted by molar-refractivity contribution is 5.81. The van der Waals surface area contributed by atoms with Crippen molar-refractivity contribution < 1.29 is 17.9 Å². The zero-order chi connectivity index (χ0) is 23.2. The standard InChI is InChI=1S/C23H22F3N5O2/c1-30-20(32)18-17(7-6-15-4-2-3-5-16(15)23(24,25)26)28-29-19(18)27-21(30)31-11-8-22(9-12-31)10-13-33-14-22/h2-5H,8-14H2,1H3,(H,28,29). The topological polar surface area (TPSA) is 76.0 Å². The van der Waals surface area contributed by atoms with Gasteiger partial charge >= 0.3 is 6.18 Å². The van der Waals surface area contributed by atoms with E-state index in [1.54, 1.807) is 7.05 Å². The average Bonchev–Trinajstić information content (AvgIpc) is 3.42. The lowest BCUT2D eigenvalue weighted by Gasteiger charge is -2.39. The number of hydrogen-bond acceptors (Lipinski definition) is 5. The van der Waals surface area contributed by atoms with Crippen LogP contribution >= 0.6 is 0 Å². The molecular formula is C23H22F3N5O2. The number of H-pyrrole nitrogens is 1. The number of anilines is 1. The lowest BCUT2D eigenvalue weighted by molar-refractivity contribution is -0.137. The molecule has 2 aromatic heterocycles. The highest BCUT2D eigenvalue weighted by atomic mass is 19.4. The van der Waals surface area contributed by atoms with Gasteiger partial charge in [-0.25, -0.2) is 0 Å². The van der Waals surface area contributed by atoms with Crippen molar-refractivity contribution in [1.82, 2.24) is 19.7 Å². The molecule has 0 saturated carbocycles. The fraction of sp³-hybridized carbons (Fsp3) is 0.435. The second kappa shape index (κ2) is 7.92. The van der Waals surface area contributed by atoms with E-state index < -0.39 is 11.7 Å². The molecule has 10 heteroatoms. The lowest BCUT2D eigenvalue weighted by atomic mass is 9.78. The third-order valence-electron chi connectivity index (χ3n) is 6.62. The van der Waals surface area contributed by atoms with E-state index >= 15 is 0 Å². The molecule has 5 rings (SSSR count). The maximum Gasteiger partial charge on any atom is 0.417 e. The van der Waals surface area contributed by atoms with Gasteiger partial charge in [0.15, 0.2) is 11.3 Å². The fourth-order valence-corrected chi connectivity index (χ4v) is 4.61. The minimum atomic E-state index is -4.52. The largest absolute Gasteiger partial charge is 0.417 e. The monoisotopic (exact) mass is 457 g/mol. The Morgan fingerprint density at radius 2 is 1.91 bits per heavy atom. The fourth-order valence-electron chi connectivity index (χ4n) is 4.61. The Morgan fingerprint density at radius 1 is 1.15 bits per heavy atom. The molecule has 2 saturated heterocycles. The summed E-state index contributed by atoms with van der Waals surface area (Å²) in [5.74, 6) is 5.67. The molecule has 172 valence electrons. The van der Waals surface area contributed by atoms with E-state index in [2.05, 4.69) is 31.9 Å². The van der Waals surface area contributed by atoms with Gasteiger partial charge in [0.2, 0.25) is 5.95 Å². The molecule has 2 aliphatic rings. The number of halogens is 3. The normalized spacial score (nSPS) is 18.0. The minimum absolute atomic E-state index is 0.0716. The number of fused-ring (bicyclic) bond motifs is 1. The van der Waals surface area contributed by atoms with Crippen LogP contribution in [0.5, 0.6) is 0 Å². The van der Waals surface area contributed by atoms with Crippen molar-refractivity contribution in [1.29, 1.82) is 0 Å². The van der Waals surface area contributed by atoms with E-state index in [9.17, 15) is 18.0 Å². The number of hydrogen-bond donors (Lipinski definition) is 1. The van der Waals surface area contributed by atoms with Crippen LogP contribution in [0.4, 0.5) is 19.1 Å². The Morgan fingerprint density at radius 3 is 2.61 bits per heavy atom. The van der Waals surface area contributed by atoms with Crippen LogP contribution in [0.1, 0.15) is 36.1 Å². The lowest BCUT2D eigenvalue weighted by Crippen LogP contribution is -2.43. The van der Waals surface area contributed by atoms with Crippen molar-refractivity contribution in [3.8, 4) is 11.8 Å². The second-order valence-corrected chi connectivity index (χ2v) is 8.65. The zero-order valence-electron chi connectivity index (χ0n) is 18.0. The van der Waals surface area contributed by atoms with Gasteiger partial charge in [-0.3, -0.25) is 14.5 Å². The average molecular weight is 457 g/mol. The molecule has 0 radical (unpaired) electrons. The molecule has 0 aliphatic carbocycles. The molecule has 1 spiro atoms. The number of alkyl halides is 3. The molecule has 0 atom stereocenters. The van der Waals surface area contributed by atoms with Gasteiger partial charge in [-0.15, -0.1) is 0 Å². The Balaban J connectivity index is 1.47. The summed E-state index contributed by atoms with van der Waals surface area (Å²) in [6.45, 7) is 3.12. The van der Waals surface area contributed by atoms with Crippen molar-refractivity contribution in [3.05, 3.63) is 51.4 Å². The molecule has 4 heterocycles. The summed E-state index contributed by atoms with van der Waals surface area (Å²) in [7, 11) is 1.64. The van der Waals surface area contributed by atoms with Gasteiger partial charge in [0, 0.05) is 32.3 Å². The highest BCUT2D eigenvalue weighted by Crippen LogP contribution is 2.39. The van der Waals surface area contributed by atoms with Crippen LogP contribution in [0.15, 0.2) is 29.1 Å². The third kappa shape index (κ3) is 3.86. The van der Waals surface area contributed by atoms with Crippen LogP contribution in [0, 0.1) is 17.3 Å². The van der Waals surface area contributed by atoms with E-state index in [0.29, 0.717) is 5.95 Å². The van der Waals surface area contributed by atoms with E-state index in [1.165, 1.54) is 22.8 Å². The second-order valence-electron chi connectivity index (χ2n) is 8.65. The van der Waals surface area contributed by atoms with Gasteiger partial charge in [-0.2, -0.15) is 23.3 Å². The predicted molar refractivity (Wildman–Crippen MR) is 116 cm³/mol. The molecule has 0 bridgehead atoms. The van der Waals surface area contributed by atoms with Crippen LogP contribution in [0.2, 0.25) is 0 Å². The van der Waals surface area contributed by atoms with E-state index in [1.807, 2.05) is 0 Å². The number of nitrogens with one attached hydrogen (secondary N) is 1. The third-order valence-corrected chi connectivity index (χ3v) is 6.62. The Hall–Kier alpha value is -3.32. The molecule has 2 fully saturated rings. The highest BCUT2D eigenvalue weighted by Gasteiger charge is 2.39. The first-order valence-corrected chi connectivity index (χ1v) is 10.7. The predicted octanol–water partition coefficient (Wildman–Crippen LogP) is 3.08. The molecular weight excluding hydrogens is 435 g/mol. The van der Waals surface area contributed by atoms with Gasteiger partial charge in [0.25, 0.3) is 5.56 Å². The maximum atomic E-state index is 13.2. The summed E-state index contributed by atoms with van der Waals surface area (Å²) in [6.07, 6.45) is -1.52. The van der Waals surface area contributed by atoms with Gasteiger partial charge in [-0.1, -0.05) is 18.1 Å². The number of aromatic amines is 1. The number of rotatable bonds is 1. The Bertz CT molecular complexity index is 1320. The first kappa shape index (κ1) is 21.5. The first-order valence-electron chi connectivity index (χ1n) is 10.7. The van der Waals surface area contributed by atoms with Crippen molar-refractivity contribution in [2.24, 2.45) is 12.5 Å². The SMILES string of the molecule is Cn1c(N2CCC3(CCOC3)CC2)nc2[nH]nc(C#Cc3ccccc3C(F)(F)F)c2c1=O. The van der Waals surface area contributed by atoms with Gasteiger partial charge in [-0.05, 0) is 42.7 Å². The number of aromatic nitrogens is 4. The minimum Gasteiger partial charge on any atom is -0.381 e. The van der Waals surface area contributed by atoms with E-state index in [4.69, 9.17) is 4.74 Å². The summed E-state index contributed by atoms with van der Waals surface area (Å²) in [6, 6.07) is 5.05. The summed E-state index contributed by atoms with van der Waals surface area (Å²) >= 11 is 0. The van der Waals surface area contributed by atoms with Crippen molar-refractivity contribution in [3.63, 3.8) is 0 Å². The van der Waals surface area contributed by atoms with Crippen LogP contribution in [-0.2, 0) is 18.0 Å².